The van der Waals surface area contributed by atoms with Crippen molar-refractivity contribution in [3.63, 3.8) is 0 Å². The highest BCUT2D eigenvalue weighted by Crippen LogP contribution is 2.27. The van der Waals surface area contributed by atoms with Crippen LogP contribution in [0.25, 0.3) is 0 Å². The second kappa shape index (κ2) is 4.39. The van der Waals surface area contributed by atoms with Crippen LogP contribution in [0.5, 0.6) is 0 Å². The lowest BCUT2D eigenvalue weighted by atomic mass is 9.83. The largest absolute Gasteiger partial charge is 0.311 e. The standard InChI is InChI=1S/C6H11N.C2H6O3S/c1-2-5-4-6(3-1)7-5;1-2-6(3,4)5/h5-7H,1-4H2;2H2,1H3,(H,3,4,5). The van der Waals surface area contributed by atoms with Crippen LogP contribution in [-0.2, 0) is 10.1 Å². The molecule has 2 bridgehead atoms. The Kier molecular flexibility index (Phi) is 3.70. The van der Waals surface area contributed by atoms with E-state index in [0.29, 0.717) is 0 Å². The average Bonchev–Trinajstić information content (AvgIpc) is 2.04. The van der Waals surface area contributed by atoms with Crippen LogP contribution in [0.2, 0.25) is 0 Å². The van der Waals surface area contributed by atoms with E-state index in [-0.39, 0.29) is 5.75 Å². The first-order chi connectivity index (χ1) is 6.01. The lowest BCUT2D eigenvalue weighted by Gasteiger charge is -2.42. The zero-order chi connectivity index (χ0) is 9.90. The van der Waals surface area contributed by atoms with E-state index in [4.69, 9.17) is 4.55 Å². The predicted molar refractivity (Wildman–Crippen MR) is 51.3 cm³/mol. The van der Waals surface area contributed by atoms with Crippen LogP contribution in [0.15, 0.2) is 0 Å². The Bertz CT molecular complexity index is 231. The van der Waals surface area contributed by atoms with Crippen LogP contribution in [0.1, 0.15) is 32.6 Å². The molecule has 0 spiro atoms. The molecule has 0 radical (unpaired) electrons. The zero-order valence-electron chi connectivity index (χ0n) is 7.86. The Labute approximate surface area is 79.5 Å². The summed E-state index contributed by atoms with van der Waals surface area (Å²) in [6, 6.07) is 1.86. The van der Waals surface area contributed by atoms with Crippen molar-refractivity contribution in [2.45, 2.75) is 44.7 Å². The molecule has 2 saturated heterocycles. The lowest BCUT2D eigenvalue weighted by molar-refractivity contribution is 0.182. The highest BCUT2D eigenvalue weighted by Gasteiger charge is 2.31. The summed E-state index contributed by atoms with van der Waals surface area (Å²) in [4.78, 5) is 0. The Morgan fingerprint density at radius 3 is 1.85 bits per heavy atom. The predicted octanol–water partition coefficient (Wildman–Crippen LogP) is 0.795. The molecule has 3 fully saturated rings. The van der Waals surface area contributed by atoms with E-state index < -0.39 is 10.1 Å². The summed E-state index contributed by atoms with van der Waals surface area (Å²) >= 11 is 0. The molecule has 2 aliphatic heterocycles. The molecule has 13 heavy (non-hydrogen) atoms. The number of nitrogens with one attached hydrogen (secondary N) is 1. The van der Waals surface area contributed by atoms with Crippen molar-refractivity contribution in [2.24, 2.45) is 0 Å². The molecule has 0 amide bonds. The summed E-state index contributed by atoms with van der Waals surface area (Å²) in [5.41, 5.74) is 0. The van der Waals surface area contributed by atoms with Crippen LogP contribution in [0.4, 0.5) is 0 Å². The van der Waals surface area contributed by atoms with E-state index in [1.807, 2.05) is 0 Å². The molecule has 0 aromatic carbocycles. The molecule has 2 atom stereocenters. The van der Waals surface area contributed by atoms with Gasteiger partial charge in [0.15, 0.2) is 0 Å². The zero-order valence-corrected chi connectivity index (χ0v) is 8.68. The summed E-state index contributed by atoms with van der Waals surface area (Å²) in [5.74, 6) is -0.201. The molecule has 0 aromatic rings. The average molecular weight is 207 g/mol. The van der Waals surface area contributed by atoms with Gasteiger partial charge in [0.05, 0.1) is 5.75 Å². The molecule has 3 rings (SSSR count). The third-order valence-electron chi connectivity index (χ3n) is 2.51. The molecule has 4 nitrogen and oxygen atoms in total. The van der Waals surface area contributed by atoms with E-state index in [1.165, 1.54) is 32.6 Å². The molecular weight excluding hydrogens is 190 g/mol. The highest BCUT2D eigenvalue weighted by atomic mass is 32.2. The first-order valence-corrected chi connectivity index (χ1v) is 6.33. The van der Waals surface area contributed by atoms with Gasteiger partial charge in [0.2, 0.25) is 0 Å². The molecule has 2 N–H and O–H groups in total. The van der Waals surface area contributed by atoms with Crippen molar-refractivity contribution in [1.82, 2.24) is 5.32 Å². The van der Waals surface area contributed by atoms with Gasteiger partial charge in [-0.1, -0.05) is 6.42 Å². The number of hydrogen-bond donors (Lipinski definition) is 2. The van der Waals surface area contributed by atoms with Gasteiger partial charge in [0.25, 0.3) is 10.1 Å². The number of piperidine rings is 1. The fraction of sp³-hybridized carbons (Fsp3) is 1.00. The van der Waals surface area contributed by atoms with Crippen molar-refractivity contribution in [3.05, 3.63) is 0 Å². The van der Waals surface area contributed by atoms with E-state index >= 15 is 0 Å². The van der Waals surface area contributed by atoms with Gasteiger partial charge < -0.3 is 5.32 Å². The molecule has 1 aliphatic carbocycles. The normalized spacial score (nSPS) is 31.2. The second-order valence-corrected chi connectivity index (χ2v) is 5.34. The third-order valence-corrected chi connectivity index (χ3v) is 3.24. The molecule has 0 aromatic heterocycles. The van der Waals surface area contributed by atoms with Crippen LogP contribution >= 0.6 is 0 Å². The number of rotatable bonds is 1. The maximum atomic E-state index is 9.56. The first kappa shape index (κ1) is 10.9. The topological polar surface area (TPSA) is 66.4 Å². The van der Waals surface area contributed by atoms with Crippen molar-refractivity contribution in [2.75, 3.05) is 5.75 Å². The number of fused-ring (bicyclic) bond motifs is 2. The SMILES string of the molecule is C1CC2CC(C1)N2.CCS(=O)(=O)O. The van der Waals surface area contributed by atoms with Gasteiger partial charge in [-0.15, -0.1) is 0 Å². The van der Waals surface area contributed by atoms with Crippen molar-refractivity contribution in [3.8, 4) is 0 Å². The van der Waals surface area contributed by atoms with Crippen LogP contribution < -0.4 is 5.32 Å². The van der Waals surface area contributed by atoms with Crippen LogP contribution in [0.3, 0.4) is 0 Å². The van der Waals surface area contributed by atoms with Crippen molar-refractivity contribution < 1.29 is 13.0 Å². The molecule has 5 heteroatoms. The molecule has 3 aliphatic rings. The third kappa shape index (κ3) is 4.06. The second-order valence-electron chi connectivity index (χ2n) is 3.60. The van der Waals surface area contributed by atoms with Gasteiger partial charge >= 0.3 is 0 Å². The fourth-order valence-corrected chi connectivity index (χ4v) is 1.67. The van der Waals surface area contributed by atoms with Crippen LogP contribution in [-0.4, -0.2) is 30.8 Å². The molecule has 78 valence electrons. The molecule has 1 saturated carbocycles. The maximum Gasteiger partial charge on any atom is 0.264 e. The highest BCUT2D eigenvalue weighted by molar-refractivity contribution is 7.85. The van der Waals surface area contributed by atoms with Crippen molar-refractivity contribution >= 4 is 10.1 Å². The smallest absolute Gasteiger partial charge is 0.264 e. The van der Waals surface area contributed by atoms with Gasteiger partial charge in [-0.25, -0.2) is 0 Å². The Morgan fingerprint density at radius 2 is 1.77 bits per heavy atom. The Hall–Kier alpha value is -0.130. The van der Waals surface area contributed by atoms with Gasteiger partial charge in [-0.05, 0) is 26.2 Å². The summed E-state index contributed by atoms with van der Waals surface area (Å²) in [7, 11) is -3.66. The number of hydrogen-bond acceptors (Lipinski definition) is 3. The summed E-state index contributed by atoms with van der Waals surface area (Å²) < 4.78 is 26.9. The van der Waals surface area contributed by atoms with E-state index in [9.17, 15) is 8.42 Å². The Balaban J connectivity index is 0.000000133. The minimum atomic E-state index is -3.66. The van der Waals surface area contributed by atoms with E-state index in [2.05, 4.69) is 5.32 Å². The summed E-state index contributed by atoms with van der Waals surface area (Å²) in [6.45, 7) is 1.37. The fourth-order valence-electron chi connectivity index (χ4n) is 1.67. The maximum absolute atomic E-state index is 9.56. The monoisotopic (exact) mass is 207 g/mol. The lowest BCUT2D eigenvalue weighted by Crippen LogP contribution is -2.55. The molecule has 2 heterocycles. The summed E-state index contributed by atoms with van der Waals surface area (Å²) in [5, 5.41) is 3.48. The van der Waals surface area contributed by atoms with E-state index in [0.717, 1.165) is 12.1 Å². The Morgan fingerprint density at radius 1 is 1.38 bits per heavy atom. The van der Waals surface area contributed by atoms with Crippen LogP contribution in [0, 0.1) is 0 Å². The quantitative estimate of drug-likeness (QED) is 0.624. The summed E-state index contributed by atoms with van der Waals surface area (Å²) in [6.07, 6.45) is 5.83. The van der Waals surface area contributed by atoms with Gasteiger partial charge in [0, 0.05) is 12.1 Å². The van der Waals surface area contributed by atoms with Crippen molar-refractivity contribution in [1.29, 1.82) is 0 Å². The molecule has 2 unspecified atom stereocenters. The first-order valence-electron chi connectivity index (χ1n) is 4.72. The minimum absolute atomic E-state index is 0.201. The molecular formula is C8H17NO3S. The van der Waals surface area contributed by atoms with Gasteiger partial charge in [-0.2, -0.15) is 8.42 Å². The van der Waals surface area contributed by atoms with Gasteiger partial charge in [0.1, 0.15) is 0 Å². The minimum Gasteiger partial charge on any atom is -0.311 e. The van der Waals surface area contributed by atoms with Gasteiger partial charge in [-0.3, -0.25) is 4.55 Å². The van der Waals surface area contributed by atoms with E-state index in [1.54, 1.807) is 0 Å².